The molecule has 1 aromatic heterocycles. The summed E-state index contributed by atoms with van der Waals surface area (Å²) in [7, 11) is 0. The van der Waals surface area contributed by atoms with Crippen molar-refractivity contribution >= 4 is 40.0 Å². The third-order valence-corrected chi connectivity index (χ3v) is 6.80. The summed E-state index contributed by atoms with van der Waals surface area (Å²) in [6.45, 7) is 7.22. The van der Waals surface area contributed by atoms with Gasteiger partial charge in [-0.3, -0.25) is 4.90 Å². The number of hydrogen-bond donors (Lipinski definition) is 2. The fourth-order valence-corrected chi connectivity index (χ4v) is 4.70. The molecule has 0 unspecified atom stereocenters. The molecule has 1 aliphatic rings. The summed E-state index contributed by atoms with van der Waals surface area (Å²) in [5, 5.41) is 7.64. The molecular formula is C24H29ClN6OS. The lowest BCUT2D eigenvalue weighted by atomic mass is 10.1. The van der Waals surface area contributed by atoms with Gasteiger partial charge in [0, 0.05) is 67.9 Å². The molecule has 4 rings (SSSR count). The van der Waals surface area contributed by atoms with E-state index in [-0.39, 0.29) is 6.03 Å². The lowest BCUT2D eigenvalue weighted by Gasteiger charge is -2.34. The van der Waals surface area contributed by atoms with Crippen LogP contribution in [0.5, 0.6) is 0 Å². The summed E-state index contributed by atoms with van der Waals surface area (Å²) in [6.07, 6.45) is 1.60. The van der Waals surface area contributed by atoms with Gasteiger partial charge in [-0.05, 0) is 35.7 Å². The number of carbonyl (C=O) groups is 1. The van der Waals surface area contributed by atoms with Gasteiger partial charge in [0.2, 0.25) is 5.13 Å². The topological polar surface area (TPSA) is 73.4 Å². The van der Waals surface area contributed by atoms with Gasteiger partial charge < -0.3 is 15.5 Å². The van der Waals surface area contributed by atoms with Gasteiger partial charge in [0.1, 0.15) is 5.82 Å². The van der Waals surface area contributed by atoms with E-state index >= 15 is 0 Å². The van der Waals surface area contributed by atoms with Crippen molar-refractivity contribution in [3.8, 4) is 0 Å². The minimum atomic E-state index is -0.156. The lowest BCUT2D eigenvalue weighted by Crippen LogP contribution is -2.48. The van der Waals surface area contributed by atoms with E-state index in [2.05, 4.69) is 31.7 Å². The predicted molar refractivity (Wildman–Crippen MR) is 136 cm³/mol. The van der Waals surface area contributed by atoms with Crippen molar-refractivity contribution in [2.45, 2.75) is 19.8 Å². The summed E-state index contributed by atoms with van der Waals surface area (Å²) in [4.78, 5) is 21.6. The molecule has 3 aromatic rings. The summed E-state index contributed by atoms with van der Waals surface area (Å²) in [5.74, 6) is 0.847. The summed E-state index contributed by atoms with van der Waals surface area (Å²) >= 11 is 7.42. The highest BCUT2D eigenvalue weighted by Crippen LogP contribution is 2.21. The first kappa shape index (κ1) is 23.5. The molecule has 2 aromatic carbocycles. The Morgan fingerprint density at radius 1 is 1.09 bits per heavy atom. The third-order valence-electron chi connectivity index (χ3n) is 5.74. The normalized spacial score (nSPS) is 14.3. The SMILES string of the molecule is CCc1ccccc1NC(=O)NCCN1CCN(c2nc(Cc3ccc(Cl)cc3)ns2)CC1. The van der Waals surface area contributed by atoms with E-state index in [9.17, 15) is 4.79 Å². The highest BCUT2D eigenvalue weighted by Gasteiger charge is 2.20. The molecule has 7 nitrogen and oxygen atoms in total. The molecule has 2 heterocycles. The van der Waals surface area contributed by atoms with Crippen molar-refractivity contribution in [2.24, 2.45) is 0 Å². The molecule has 0 spiro atoms. The molecule has 2 N–H and O–H groups in total. The van der Waals surface area contributed by atoms with E-state index < -0.39 is 0 Å². The average Bonchev–Trinajstić information content (AvgIpc) is 3.30. The van der Waals surface area contributed by atoms with Crippen LogP contribution in [0.15, 0.2) is 48.5 Å². The number of amides is 2. The smallest absolute Gasteiger partial charge is 0.319 e. The van der Waals surface area contributed by atoms with Crippen LogP contribution in [0, 0.1) is 0 Å². The van der Waals surface area contributed by atoms with Crippen molar-refractivity contribution in [1.29, 1.82) is 0 Å². The number of piperazine rings is 1. The minimum absolute atomic E-state index is 0.156. The van der Waals surface area contributed by atoms with Gasteiger partial charge in [-0.1, -0.05) is 48.9 Å². The molecule has 1 saturated heterocycles. The monoisotopic (exact) mass is 484 g/mol. The second-order valence-corrected chi connectivity index (χ2v) is 9.18. The maximum absolute atomic E-state index is 12.2. The van der Waals surface area contributed by atoms with E-state index in [0.29, 0.717) is 13.0 Å². The van der Waals surface area contributed by atoms with Crippen LogP contribution in [0.1, 0.15) is 23.9 Å². The van der Waals surface area contributed by atoms with E-state index in [4.69, 9.17) is 16.6 Å². The second-order valence-electron chi connectivity index (χ2n) is 8.02. The Hall–Kier alpha value is -2.68. The molecule has 0 bridgehead atoms. The molecule has 33 heavy (non-hydrogen) atoms. The maximum atomic E-state index is 12.2. The molecular weight excluding hydrogens is 456 g/mol. The Morgan fingerprint density at radius 2 is 1.85 bits per heavy atom. The fraction of sp³-hybridized carbons (Fsp3) is 0.375. The average molecular weight is 485 g/mol. The Morgan fingerprint density at radius 3 is 2.61 bits per heavy atom. The van der Waals surface area contributed by atoms with E-state index in [1.807, 2.05) is 48.5 Å². The number of nitrogens with one attached hydrogen (secondary N) is 2. The molecule has 174 valence electrons. The Kier molecular flexibility index (Phi) is 8.15. The van der Waals surface area contributed by atoms with Crippen LogP contribution < -0.4 is 15.5 Å². The predicted octanol–water partition coefficient (Wildman–Crippen LogP) is 4.29. The molecule has 1 aliphatic heterocycles. The Labute approximate surface area is 203 Å². The van der Waals surface area contributed by atoms with Gasteiger partial charge in [-0.15, -0.1) is 0 Å². The number of rotatable bonds is 8. The van der Waals surface area contributed by atoms with E-state index in [0.717, 1.165) is 71.9 Å². The van der Waals surface area contributed by atoms with Crippen LogP contribution in [0.25, 0.3) is 0 Å². The van der Waals surface area contributed by atoms with Crippen molar-refractivity contribution in [3.63, 3.8) is 0 Å². The summed E-state index contributed by atoms with van der Waals surface area (Å²) in [6, 6.07) is 15.6. The van der Waals surface area contributed by atoms with Gasteiger partial charge >= 0.3 is 6.03 Å². The largest absolute Gasteiger partial charge is 0.344 e. The van der Waals surface area contributed by atoms with Crippen molar-refractivity contribution in [1.82, 2.24) is 19.6 Å². The second kappa shape index (κ2) is 11.4. The number of benzene rings is 2. The van der Waals surface area contributed by atoms with Crippen LogP contribution in [0.3, 0.4) is 0 Å². The number of carbonyl (C=O) groups excluding carboxylic acids is 1. The molecule has 0 aliphatic carbocycles. The van der Waals surface area contributed by atoms with Crippen LogP contribution >= 0.6 is 23.1 Å². The van der Waals surface area contributed by atoms with Crippen LogP contribution in [-0.4, -0.2) is 59.6 Å². The van der Waals surface area contributed by atoms with Gasteiger partial charge in [0.05, 0.1) is 0 Å². The first-order valence-corrected chi connectivity index (χ1v) is 12.4. The highest BCUT2D eigenvalue weighted by atomic mass is 35.5. The van der Waals surface area contributed by atoms with Gasteiger partial charge in [-0.2, -0.15) is 4.37 Å². The number of para-hydroxylation sites is 1. The first-order chi connectivity index (χ1) is 16.1. The minimum Gasteiger partial charge on any atom is -0.344 e. The Balaban J connectivity index is 1.18. The third kappa shape index (κ3) is 6.66. The van der Waals surface area contributed by atoms with Gasteiger partial charge in [0.25, 0.3) is 0 Å². The molecule has 0 saturated carbocycles. The zero-order chi connectivity index (χ0) is 23.0. The zero-order valence-corrected chi connectivity index (χ0v) is 20.3. The first-order valence-electron chi connectivity index (χ1n) is 11.3. The van der Waals surface area contributed by atoms with Crippen molar-refractivity contribution in [3.05, 3.63) is 70.5 Å². The molecule has 9 heteroatoms. The summed E-state index contributed by atoms with van der Waals surface area (Å²) in [5.41, 5.74) is 3.17. The number of halogens is 1. The number of hydrogen-bond acceptors (Lipinski definition) is 6. The van der Waals surface area contributed by atoms with Crippen LogP contribution in [-0.2, 0) is 12.8 Å². The number of aryl methyl sites for hydroxylation is 1. The quantitative estimate of drug-likeness (QED) is 0.499. The molecule has 2 amide bonds. The van der Waals surface area contributed by atoms with Gasteiger partial charge in [-0.25, -0.2) is 9.78 Å². The van der Waals surface area contributed by atoms with Crippen LogP contribution in [0.2, 0.25) is 5.02 Å². The summed E-state index contributed by atoms with van der Waals surface area (Å²) < 4.78 is 4.53. The maximum Gasteiger partial charge on any atom is 0.319 e. The number of aromatic nitrogens is 2. The number of urea groups is 1. The Bertz CT molecular complexity index is 1050. The van der Waals surface area contributed by atoms with E-state index in [1.54, 1.807) is 0 Å². The molecule has 0 radical (unpaired) electrons. The number of anilines is 2. The van der Waals surface area contributed by atoms with Crippen molar-refractivity contribution < 1.29 is 4.79 Å². The van der Waals surface area contributed by atoms with E-state index in [1.165, 1.54) is 11.5 Å². The van der Waals surface area contributed by atoms with Gasteiger partial charge in [0.15, 0.2) is 0 Å². The molecule has 0 atom stereocenters. The highest BCUT2D eigenvalue weighted by molar-refractivity contribution is 7.09. The van der Waals surface area contributed by atoms with Crippen LogP contribution in [0.4, 0.5) is 15.6 Å². The molecule has 1 fully saturated rings. The van der Waals surface area contributed by atoms with Crippen molar-refractivity contribution in [2.75, 3.05) is 49.5 Å². The zero-order valence-electron chi connectivity index (χ0n) is 18.8. The standard InChI is InChI=1S/C24H29ClN6OS/c1-2-19-5-3-4-6-21(19)27-23(32)26-11-12-30-13-15-31(16-14-30)24-28-22(29-33-24)17-18-7-9-20(25)10-8-18/h3-10H,2,11-17H2,1H3,(H2,26,27,32). The fourth-order valence-electron chi connectivity index (χ4n) is 3.84. The number of nitrogens with zero attached hydrogens (tertiary/aromatic N) is 4. The lowest BCUT2D eigenvalue weighted by molar-refractivity contribution is 0.240.